The number of aryl methyl sites for hydroxylation is 1. The fraction of sp³-hybridized carbons (Fsp3) is 0.217. The fourth-order valence-electron chi connectivity index (χ4n) is 3.54. The Morgan fingerprint density at radius 3 is 2.55 bits per heavy atom. The zero-order chi connectivity index (χ0) is 20.4. The van der Waals surface area contributed by atoms with Gasteiger partial charge in [0.1, 0.15) is 10.4 Å². The molecule has 4 rings (SSSR count). The van der Waals surface area contributed by atoms with Gasteiger partial charge in [0.2, 0.25) is 0 Å². The standard InChI is InChI=1S/C23H23N3O2S/c1-4-28-23(27)18-10-12-19(13-11-18)26-15(2)14-20(16(26)3)22-25-24-21(29-22)17-8-6-5-7-9-17/h5-14,22,25H,4H2,1-3H3/t22-/m0/s1. The number of carbonyl (C=O) groups excluding carboxylic acids is 1. The second-order valence-corrected chi connectivity index (χ2v) is 7.93. The maximum absolute atomic E-state index is 11.9. The number of hydrogen-bond acceptors (Lipinski definition) is 5. The molecule has 29 heavy (non-hydrogen) atoms. The second-order valence-electron chi connectivity index (χ2n) is 6.84. The summed E-state index contributed by atoms with van der Waals surface area (Å²) in [6, 6.07) is 19.9. The number of nitrogens with zero attached hydrogens (tertiary/aromatic N) is 2. The Kier molecular flexibility index (Phi) is 5.45. The number of benzene rings is 2. The Morgan fingerprint density at radius 1 is 1.14 bits per heavy atom. The molecule has 0 aliphatic carbocycles. The Labute approximate surface area is 174 Å². The lowest BCUT2D eigenvalue weighted by atomic mass is 10.2. The Morgan fingerprint density at radius 2 is 1.86 bits per heavy atom. The van der Waals surface area contributed by atoms with Crippen LogP contribution < -0.4 is 5.43 Å². The highest BCUT2D eigenvalue weighted by atomic mass is 32.2. The van der Waals surface area contributed by atoms with Crippen molar-refractivity contribution in [3.63, 3.8) is 0 Å². The summed E-state index contributed by atoms with van der Waals surface area (Å²) in [6.45, 7) is 6.39. The van der Waals surface area contributed by atoms with Crippen molar-refractivity contribution in [3.8, 4) is 5.69 Å². The number of hydrazone groups is 1. The zero-order valence-electron chi connectivity index (χ0n) is 16.7. The SMILES string of the molecule is CCOC(=O)c1ccc(-n2c(C)cc([C@H]3NN=C(c4ccccc4)S3)c2C)cc1. The first kappa shape index (κ1) is 19.3. The molecular formula is C23H23N3O2S. The topological polar surface area (TPSA) is 55.6 Å². The number of nitrogens with one attached hydrogen (secondary N) is 1. The molecule has 1 aromatic heterocycles. The van der Waals surface area contributed by atoms with Gasteiger partial charge in [0, 0.05) is 28.2 Å². The molecule has 0 amide bonds. The molecule has 0 saturated heterocycles. The molecule has 1 N–H and O–H groups in total. The van der Waals surface area contributed by atoms with Gasteiger partial charge in [-0.05, 0) is 51.1 Å². The first-order valence-electron chi connectivity index (χ1n) is 9.60. The van der Waals surface area contributed by atoms with E-state index in [0.717, 1.165) is 27.7 Å². The van der Waals surface area contributed by atoms with Gasteiger partial charge in [-0.2, -0.15) is 5.10 Å². The number of rotatable bonds is 5. The van der Waals surface area contributed by atoms with Gasteiger partial charge < -0.3 is 9.30 Å². The molecule has 0 saturated carbocycles. The number of hydrogen-bond donors (Lipinski definition) is 1. The summed E-state index contributed by atoms with van der Waals surface area (Å²) in [5, 5.41) is 5.61. The van der Waals surface area contributed by atoms with Crippen molar-refractivity contribution in [2.24, 2.45) is 5.10 Å². The van der Waals surface area contributed by atoms with Crippen molar-refractivity contribution in [2.45, 2.75) is 26.1 Å². The van der Waals surface area contributed by atoms with Gasteiger partial charge >= 0.3 is 5.97 Å². The third kappa shape index (κ3) is 3.80. The smallest absolute Gasteiger partial charge is 0.338 e. The van der Waals surface area contributed by atoms with Crippen LogP contribution >= 0.6 is 11.8 Å². The summed E-state index contributed by atoms with van der Waals surface area (Å²) < 4.78 is 7.27. The van der Waals surface area contributed by atoms with E-state index in [1.807, 2.05) is 49.4 Å². The number of carbonyl (C=O) groups is 1. The minimum atomic E-state index is -0.294. The summed E-state index contributed by atoms with van der Waals surface area (Å²) in [5.74, 6) is -0.294. The molecule has 1 aliphatic heterocycles. The lowest BCUT2D eigenvalue weighted by molar-refractivity contribution is 0.0526. The summed E-state index contributed by atoms with van der Waals surface area (Å²) in [5.41, 5.74) is 9.47. The van der Waals surface area contributed by atoms with Gasteiger partial charge in [-0.3, -0.25) is 5.43 Å². The molecule has 0 bridgehead atoms. The van der Waals surface area contributed by atoms with E-state index in [9.17, 15) is 4.79 Å². The lowest BCUT2D eigenvalue weighted by Crippen LogP contribution is -2.08. The van der Waals surface area contributed by atoms with Crippen LogP contribution in [0.5, 0.6) is 0 Å². The monoisotopic (exact) mass is 405 g/mol. The van der Waals surface area contributed by atoms with Crippen molar-refractivity contribution in [1.82, 2.24) is 9.99 Å². The minimum absolute atomic E-state index is 0.0731. The Bertz CT molecular complexity index is 1060. The van der Waals surface area contributed by atoms with Crippen molar-refractivity contribution >= 4 is 22.8 Å². The summed E-state index contributed by atoms with van der Waals surface area (Å²) in [7, 11) is 0. The molecule has 148 valence electrons. The van der Waals surface area contributed by atoms with E-state index >= 15 is 0 Å². The molecule has 6 heteroatoms. The van der Waals surface area contributed by atoms with E-state index in [-0.39, 0.29) is 11.3 Å². The van der Waals surface area contributed by atoms with Crippen LogP contribution in [0.1, 0.15) is 45.2 Å². The molecule has 2 aromatic carbocycles. The van der Waals surface area contributed by atoms with Crippen LogP contribution in [0.3, 0.4) is 0 Å². The van der Waals surface area contributed by atoms with Gasteiger partial charge in [-0.1, -0.05) is 42.1 Å². The predicted molar refractivity (Wildman–Crippen MR) is 118 cm³/mol. The largest absolute Gasteiger partial charge is 0.462 e. The highest BCUT2D eigenvalue weighted by molar-refractivity contribution is 8.14. The Balaban J connectivity index is 1.57. The van der Waals surface area contributed by atoms with Crippen LogP contribution in [0.4, 0.5) is 0 Å². The second kappa shape index (κ2) is 8.17. The molecule has 5 nitrogen and oxygen atoms in total. The fourth-order valence-corrected chi connectivity index (χ4v) is 4.61. The molecular weight excluding hydrogens is 382 g/mol. The average Bonchev–Trinajstić information content (AvgIpc) is 3.34. The molecule has 0 unspecified atom stereocenters. The van der Waals surface area contributed by atoms with E-state index in [4.69, 9.17) is 4.74 Å². The van der Waals surface area contributed by atoms with Gasteiger partial charge in [0.05, 0.1) is 12.2 Å². The number of esters is 1. The third-order valence-corrected chi connectivity index (χ3v) is 6.07. The maximum atomic E-state index is 11.9. The molecule has 1 aliphatic rings. The van der Waals surface area contributed by atoms with Crippen LogP contribution in [0.15, 0.2) is 65.8 Å². The predicted octanol–water partition coefficient (Wildman–Crippen LogP) is 4.97. The van der Waals surface area contributed by atoms with Crippen LogP contribution in [-0.4, -0.2) is 22.2 Å². The van der Waals surface area contributed by atoms with E-state index in [0.29, 0.717) is 12.2 Å². The van der Waals surface area contributed by atoms with Gasteiger partial charge in [0.25, 0.3) is 0 Å². The van der Waals surface area contributed by atoms with Gasteiger partial charge in [-0.15, -0.1) is 0 Å². The normalized spacial score (nSPS) is 15.7. The van der Waals surface area contributed by atoms with Crippen molar-refractivity contribution in [3.05, 3.63) is 88.7 Å². The maximum Gasteiger partial charge on any atom is 0.338 e. The number of thioether (sulfide) groups is 1. The van der Waals surface area contributed by atoms with Crippen molar-refractivity contribution in [1.29, 1.82) is 0 Å². The summed E-state index contributed by atoms with van der Waals surface area (Å²) in [4.78, 5) is 11.9. The minimum Gasteiger partial charge on any atom is -0.462 e. The van der Waals surface area contributed by atoms with Gasteiger partial charge in [-0.25, -0.2) is 4.79 Å². The van der Waals surface area contributed by atoms with Crippen LogP contribution in [0, 0.1) is 13.8 Å². The average molecular weight is 406 g/mol. The quantitative estimate of drug-likeness (QED) is 0.609. The van der Waals surface area contributed by atoms with Crippen LogP contribution in [0.2, 0.25) is 0 Å². The molecule has 2 heterocycles. The van der Waals surface area contributed by atoms with Crippen LogP contribution in [-0.2, 0) is 4.74 Å². The molecule has 1 atom stereocenters. The summed E-state index contributed by atoms with van der Waals surface area (Å²) >= 11 is 1.72. The number of aromatic nitrogens is 1. The molecule has 3 aromatic rings. The first-order chi connectivity index (χ1) is 14.1. The van der Waals surface area contributed by atoms with E-state index < -0.39 is 0 Å². The van der Waals surface area contributed by atoms with Crippen molar-refractivity contribution < 1.29 is 9.53 Å². The van der Waals surface area contributed by atoms with Crippen molar-refractivity contribution in [2.75, 3.05) is 6.61 Å². The molecule has 0 spiro atoms. The zero-order valence-corrected chi connectivity index (χ0v) is 17.5. The van der Waals surface area contributed by atoms with E-state index in [1.165, 1.54) is 5.56 Å². The number of ether oxygens (including phenoxy) is 1. The molecule has 0 radical (unpaired) electrons. The first-order valence-corrected chi connectivity index (χ1v) is 10.5. The Hall–Kier alpha value is -2.99. The van der Waals surface area contributed by atoms with Gasteiger partial charge in [0.15, 0.2) is 0 Å². The van der Waals surface area contributed by atoms with E-state index in [2.05, 4.69) is 47.1 Å². The van der Waals surface area contributed by atoms with E-state index in [1.54, 1.807) is 11.8 Å². The van der Waals surface area contributed by atoms with Crippen LogP contribution in [0.25, 0.3) is 5.69 Å². The third-order valence-electron chi connectivity index (χ3n) is 4.92. The highest BCUT2D eigenvalue weighted by Gasteiger charge is 2.26. The summed E-state index contributed by atoms with van der Waals surface area (Å²) in [6.07, 6.45) is 0. The highest BCUT2D eigenvalue weighted by Crippen LogP contribution is 2.37. The lowest BCUT2D eigenvalue weighted by Gasteiger charge is -2.13. The molecule has 0 fully saturated rings.